The third-order valence-electron chi connectivity index (χ3n) is 7.51. The van der Waals surface area contributed by atoms with Crippen LogP contribution < -0.4 is 14.4 Å². The number of fused-ring (bicyclic) bond motifs is 1. The van der Waals surface area contributed by atoms with Gasteiger partial charge >= 0.3 is 0 Å². The van der Waals surface area contributed by atoms with Crippen molar-refractivity contribution >= 4 is 32.2 Å². The molecule has 0 radical (unpaired) electrons. The van der Waals surface area contributed by atoms with Crippen LogP contribution in [0, 0.1) is 5.82 Å². The summed E-state index contributed by atoms with van der Waals surface area (Å²) in [5, 5.41) is 1.41. The molecule has 1 aliphatic carbocycles. The molecule has 2 aliphatic rings. The van der Waals surface area contributed by atoms with Gasteiger partial charge in [0, 0.05) is 41.9 Å². The highest BCUT2D eigenvalue weighted by atomic mass is 32.1. The Balaban J connectivity index is 1.38. The zero-order valence-electron chi connectivity index (χ0n) is 21.4. The van der Waals surface area contributed by atoms with Crippen molar-refractivity contribution < 1.29 is 18.7 Å². The number of ether oxygens (including phenoxy) is 2. The Morgan fingerprint density at radius 1 is 1.03 bits per heavy atom. The zero-order chi connectivity index (χ0) is 25.2. The number of halogens is 1. The van der Waals surface area contributed by atoms with E-state index in [0.717, 1.165) is 21.9 Å². The summed E-state index contributed by atoms with van der Waals surface area (Å²) >= 11 is 1.46. The van der Waals surface area contributed by atoms with Crippen LogP contribution in [0.5, 0.6) is 11.5 Å². The van der Waals surface area contributed by atoms with Gasteiger partial charge in [0.1, 0.15) is 16.9 Å². The van der Waals surface area contributed by atoms with Gasteiger partial charge in [-0.2, -0.15) is 0 Å². The lowest BCUT2D eigenvalue weighted by Crippen LogP contribution is -2.49. The second kappa shape index (κ2) is 10.8. The molecule has 1 unspecified atom stereocenters. The molecule has 1 aliphatic heterocycles. The van der Waals surface area contributed by atoms with Gasteiger partial charge in [-0.25, -0.2) is 4.39 Å². The lowest BCUT2D eigenvalue weighted by Gasteiger charge is -2.41. The fourth-order valence-electron chi connectivity index (χ4n) is 5.66. The number of hydrogen-bond donors (Lipinski definition) is 0. The smallest absolute Gasteiger partial charge is 0.196 e. The summed E-state index contributed by atoms with van der Waals surface area (Å²) in [5.41, 5.74) is 1.09. The summed E-state index contributed by atoms with van der Waals surface area (Å²) in [5.74, 6) is 0.394. The Bertz CT molecular complexity index is 1220. The van der Waals surface area contributed by atoms with E-state index in [4.69, 9.17) is 9.47 Å². The van der Waals surface area contributed by atoms with Crippen LogP contribution >= 0.6 is 11.3 Å². The van der Waals surface area contributed by atoms with Gasteiger partial charge < -0.3 is 14.4 Å². The molecule has 0 spiro atoms. The SMILES string of the molecule is COc1cc2sc(N(C)C)c(C(=O)c3ccc(O[C@@H]4CCCCC4N4CCCCC4)cc3)c2cc1F. The van der Waals surface area contributed by atoms with Gasteiger partial charge in [0.15, 0.2) is 17.3 Å². The van der Waals surface area contributed by atoms with Crippen molar-refractivity contribution in [2.75, 3.05) is 39.2 Å². The fraction of sp³-hybridized carbons (Fsp3) is 0.483. The van der Waals surface area contributed by atoms with Gasteiger partial charge in [-0.05, 0) is 75.5 Å². The van der Waals surface area contributed by atoms with Crippen molar-refractivity contribution in [2.45, 2.75) is 57.1 Å². The molecule has 0 N–H and O–H groups in total. The molecule has 0 amide bonds. The van der Waals surface area contributed by atoms with Crippen molar-refractivity contribution in [1.82, 2.24) is 4.90 Å². The Kier molecular flexibility index (Phi) is 7.49. The molecule has 2 aromatic carbocycles. The number of nitrogens with zero attached hydrogens (tertiary/aromatic N) is 2. The van der Waals surface area contributed by atoms with Crippen molar-refractivity contribution in [3.05, 3.63) is 53.3 Å². The van der Waals surface area contributed by atoms with E-state index in [9.17, 15) is 9.18 Å². The van der Waals surface area contributed by atoms with Gasteiger partial charge in [-0.1, -0.05) is 12.8 Å². The first-order valence-corrected chi connectivity index (χ1v) is 13.8. The van der Waals surface area contributed by atoms with Gasteiger partial charge in [0.25, 0.3) is 0 Å². The number of piperidine rings is 1. The number of thiophene rings is 1. The third-order valence-corrected chi connectivity index (χ3v) is 8.83. The van der Waals surface area contributed by atoms with Crippen LogP contribution in [0.3, 0.4) is 0 Å². The quantitative estimate of drug-likeness (QED) is 0.339. The summed E-state index contributed by atoms with van der Waals surface area (Å²) in [7, 11) is 5.24. The molecule has 1 saturated carbocycles. The van der Waals surface area contributed by atoms with Crippen molar-refractivity contribution in [2.24, 2.45) is 0 Å². The molecular weight excluding hydrogens is 475 g/mol. The first kappa shape index (κ1) is 25.0. The molecule has 2 heterocycles. The molecule has 2 atom stereocenters. The second-order valence-corrected chi connectivity index (χ2v) is 11.1. The van der Waals surface area contributed by atoms with E-state index in [1.807, 2.05) is 43.3 Å². The first-order valence-electron chi connectivity index (χ1n) is 13.0. The average Bonchev–Trinajstić information content (AvgIpc) is 3.27. The molecule has 5 rings (SSSR count). The van der Waals surface area contributed by atoms with Crippen molar-refractivity contribution in [3.8, 4) is 11.5 Å². The van der Waals surface area contributed by atoms with Gasteiger partial charge in [-0.15, -0.1) is 11.3 Å². The topological polar surface area (TPSA) is 42.0 Å². The number of benzene rings is 2. The minimum absolute atomic E-state index is 0.120. The predicted octanol–water partition coefficient (Wildman–Crippen LogP) is 6.52. The van der Waals surface area contributed by atoms with Crippen LogP contribution in [0.2, 0.25) is 0 Å². The molecule has 0 bridgehead atoms. The Morgan fingerprint density at radius 3 is 2.44 bits per heavy atom. The van der Waals surface area contributed by atoms with E-state index in [0.29, 0.717) is 22.6 Å². The number of anilines is 1. The molecule has 1 saturated heterocycles. The first-order chi connectivity index (χ1) is 17.5. The highest BCUT2D eigenvalue weighted by molar-refractivity contribution is 7.23. The summed E-state index contributed by atoms with van der Waals surface area (Å²) in [6.45, 7) is 2.35. The van der Waals surface area contributed by atoms with E-state index in [1.165, 1.54) is 76.1 Å². The Hall–Kier alpha value is -2.64. The van der Waals surface area contributed by atoms with Crippen molar-refractivity contribution in [1.29, 1.82) is 0 Å². The van der Waals surface area contributed by atoms with Crippen LogP contribution in [0.15, 0.2) is 36.4 Å². The molecule has 36 heavy (non-hydrogen) atoms. The predicted molar refractivity (Wildman–Crippen MR) is 145 cm³/mol. The number of ketones is 1. The van der Waals surface area contributed by atoms with Gasteiger partial charge in [-0.3, -0.25) is 9.69 Å². The minimum atomic E-state index is -0.471. The Labute approximate surface area is 216 Å². The molecule has 3 aromatic rings. The molecule has 2 fully saturated rings. The van der Waals surface area contributed by atoms with E-state index >= 15 is 0 Å². The highest BCUT2D eigenvalue weighted by Crippen LogP contribution is 2.41. The number of rotatable bonds is 7. The zero-order valence-corrected chi connectivity index (χ0v) is 22.2. The van der Waals surface area contributed by atoms with Crippen LogP contribution in [-0.4, -0.2) is 57.1 Å². The number of hydrogen-bond acceptors (Lipinski definition) is 6. The van der Waals surface area contributed by atoms with Crippen LogP contribution in [0.4, 0.5) is 9.39 Å². The summed E-state index contributed by atoms with van der Waals surface area (Å²) < 4.78 is 27.0. The van der Waals surface area contributed by atoms with Crippen LogP contribution in [0.25, 0.3) is 10.1 Å². The minimum Gasteiger partial charge on any atom is -0.494 e. The largest absolute Gasteiger partial charge is 0.494 e. The molecule has 7 heteroatoms. The molecular formula is C29H35FN2O3S. The number of carbonyl (C=O) groups is 1. The maximum atomic E-state index is 14.6. The number of likely N-dealkylation sites (tertiary alicyclic amines) is 1. The van der Waals surface area contributed by atoms with Crippen LogP contribution in [0.1, 0.15) is 60.9 Å². The highest BCUT2D eigenvalue weighted by Gasteiger charge is 2.32. The lowest BCUT2D eigenvalue weighted by molar-refractivity contribution is 0.0261. The third kappa shape index (κ3) is 4.96. The van der Waals surface area contributed by atoms with E-state index in [1.54, 1.807) is 6.07 Å². The molecule has 1 aromatic heterocycles. The normalized spacial score (nSPS) is 20.9. The number of methoxy groups -OCH3 is 1. The standard InChI is InChI=1S/C29H35FN2O3S/c1-31(2)29-27(21-17-22(30)25(34-3)18-26(21)36-29)28(33)19-11-13-20(14-12-19)35-24-10-6-5-9-23(24)32-15-7-4-8-16-32/h11-14,17-18,23-24H,4-10,15-16H2,1-3H3/t23?,24-/m1/s1. The van der Waals surface area contributed by atoms with E-state index in [-0.39, 0.29) is 17.6 Å². The van der Waals surface area contributed by atoms with E-state index < -0.39 is 5.82 Å². The van der Waals surface area contributed by atoms with E-state index in [2.05, 4.69) is 4.90 Å². The van der Waals surface area contributed by atoms with Crippen molar-refractivity contribution in [3.63, 3.8) is 0 Å². The summed E-state index contributed by atoms with van der Waals surface area (Å²) in [4.78, 5) is 18.2. The molecule has 5 nitrogen and oxygen atoms in total. The van der Waals surface area contributed by atoms with Gasteiger partial charge in [0.2, 0.25) is 0 Å². The fourth-order valence-corrected chi connectivity index (χ4v) is 6.79. The maximum Gasteiger partial charge on any atom is 0.196 e. The Morgan fingerprint density at radius 2 is 1.75 bits per heavy atom. The summed E-state index contributed by atoms with van der Waals surface area (Å²) in [6, 6.07) is 11.0. The second-order valence-electron chi connectivity index (χ2n) is 10.1. The molecule has 192 valence electrons. The summed E-state index contributed by atoms with van der Waals surface area (Å²) in [6.07, 6.45) is 8.82. The van der Waals surface area contributed by atoms with Crippen LogP contribution in [-0.2, 0) is 0 Å². The monoisotopic (exact) mass is 510 g/mol. The number of carbonyl (C=O) groups excluding carboxylic acids is 1. The van der Waals surface area contributed by atoms with Gasteiger partial charge in [0.05, 0.1) is 12.7 Å². The maximum absolute atomic E-state index is 14.6. The lowest BCUT2D eigenvalue weighted by atomic mass is 9.90. The average molecular weight is 511 g/mol.